The van der Waals surface area contributed by atoms with Gasteiger partial charge in [0.05, 0.1) is 12.8 Å². The highest BCUT2D eigenvalue weighted by atomic mass is 16.5. The first-order valence-corrected chi connectivity index (χ1v) is 4.76. The van der Waals surface area contributed by atoms with Crippen LogP contribution in [0.5, 0.6) is 5.88 Å². The Balaban J connectivity index is 2.48. The Morgan fingerprint density at radius 3 is 2.93 bits per heavy atom. The van der Waals surface area contributed by atoms with Crippen molar-refractivity contribution in [2.75, 3.05) is 7.11 Å². The SMILES string of the molecule is COc1cc(C)c2c(n1)CC(=O)CC2. The lowest BCUT2D eigenvalue weighted by atomic mass is 9.92. The van der Waals surface area contributed by atoms with E-state index in [1.165, 1.54) is 11.1 Å². The van der Waals surface area contributed by atoms with Gasteiger partial charge in [-0.05, 0) is 24.5 Å². The Bertz CT molecular complexity index is 385. The smallest absolute Gasteiger partial charge is 0.213 e. The third-order valence-corrected chi connectivity index (χ3v) is 2.64. The van der Waals surface area contributed by atoms with Gasteiger partial charge in [0.25, 0.3) is 0 Å². The van der Waals surface area contributed by atoms with E-state index < -0.39 is 0 Å². The molecule has 0 N–H and O–H groups in total. The summed E-state index contributed by atoms with van der Waals surface area (Å²) < 4.78 is 5.07. The van der Waals surface area contributed by atoms with Crippen LogP contribution in [0.4, 0.5) is 0 Å². The number of ether oxygens (including phenoxy) is 1. The molecule has 1 aromatic rings. The molecule has 14 heavy (non-hydrogen) atoms. The molecule has 0 aromatic carbocycles. The molecular formula is C11H13NO2. The van der Waals surface area contributed by atoms with Gasteiger partial charge in [0, 0.05) is 18.9 Å². The number of pyridine rings is 1. The number of fused-ring (bicyclic) bond motifs is 1. The zero-order valence-electron chi connectivity index (χ0n) is 8.46. The van der Waals surface area contributed by atoms with E-state index in [0.717, 1.165) is 12.1 Å². The average Bonchev–Trinajstić information content (AvgIpc) is 2.16. The fourth-order valence-corrected chi connectivity index (χ4v) is 1.86. The zero-order valence-corrected chi connectivity index (χ0v) is 8.46. The Morgan fingerprint density at radius 1 is 1.43 bits per heavy atom. The topological polar surface area (TPSA) is 39.2 Å². The van der Waals surface area contributed by atoms with E-state index in [0.29, 0.717) is 18.7 Å². The van der Waals surface area contributed by atoms with Gasteiger partial charge in [-0.1, -0.05) is 0 Å². The van der Waals surface area contributed by atoms with Gasteiger partial charge in [-0.3, -0.25) is 4.79 Å². The molecule has 0 saturated heterocycles. The lowest BCUT2D eigenvalue weighted by Gasteiger charge is -2.17. The number of carbonyl (C=O) groups is 1. The zero-order chi connectivity index (χ0) is 10.1. The molecule has 2 rings (SSSR count). The lowest BCUT2D eigenvalue weighted by molar-refractivity contribution is -0.118. The molecule has 0 atom stereocenters. The Morgan fingerprint density at radius 2 is 2.21 bits per heavy atom. The van der Waals surface area contributed by atoms with E-state index in [2.05, 4.69) is 4.98 Å². The first kappa shape index (κ1) is 9.19. The number of aryl methyl sites for hydroxylation is 1. The molecule has 3 nitrogen and oxygen atoms in total. The van der Waals surface area contributed by atoms with Crippen molar-refractivity contribution < 1.29 is 9.53 Å². The number of methoxy groups -OCH3 is 1. The fourth-order valence-electron chi connectivity index (χ4n) is 1.86. The first-order chi connectivity index (χ1) is 6.70. The molecule has 74 valence electrons. The number of nitrogens with zero attached hydrogens (tertiary/aromatic N) is 1. The van der Waals surface area contributed by atoms with Gasteiger partial charge in [-0.2, -0.15) is 0 Å². The molecule has 0 aliphatic heterocycles. The molecule has 0 bridgehead atoms. The number of ketones is 1. The summed E-state index contributed by atoms with van der Waals surface area (Å²) in [4.78, 5) is 15.6. The molecular weight excluding hydrogens is 178 g/mol. The number of aromatic nitrogens is 1. The minimum atomic E-state index is 0.276. The van der Waals surface area contributed by atoms with Crippen molar-refractivity contribution in [3.8, 4) is 5.88 Å². The molecule has 0 radical (unpaired) electrons. The standard InChI is InChI=1S/C11H13NO2/c1-7-5-11(14-2)12-10-6-8(13)3-4-9(7)10/h5H,3-4,6H2,1-2H3. The van der Waals surface area contributed by atoms with Crippen LogP contribution in [-0.4, -0.2) is 17.9 Å². The van der Waals surface area contributed by atoms with Crippen LogP contribution in [0.15, 0.2) is 6.07 Å². The van der Waals surface area contributed by atoms with E-state index in [1.807, 2.05) is 13.0 Å². The average molecular weight is 191 g/mol. The molecule has 3 heteroatoms. The van der Waals surface area contributed by atoms with Crippen molar-refractivity contribution in [1.29, 1.82) is 0 Å². The molecule has 0 unspecified atom stereocenters. The summed E-state index contributed by atoms with van der Waals surface area (Å²) in [6.07, 6.45) is 1.95. The van der Waals surface area contributed by atoms with E-state index in [4.69, 9.17) is 4.74 Å². The van der Waals surface area contributed by atoms with Gasteiger partial charge in [-0.15, -0.1) is 0 Å². The number of hydrogen-bond acceptors (Lipinski definition) is 3. The molecule has 0 amide bonds. The van der Waals surface area contributed by atoms with Crippen LogP contribution in [0.2, 0.25) is 0 Å². The predicted molar refractivity (Wildman–Crippen MR) is 52.6 cm³/mol. The Hall–Kier alpha value is -1.38. The van der Waals surface area contributed by atoms with Gasteiger partial charge in [0.15, 0.2) is 0 Å². The van der Waals surface area contributed by atoms with Crippen molar-refractivity contribution >= 4 is 5.78 Å². The third kappa shape index (κ3) is 1.50. The fraction of sp³-hybridized carbons (Fsp3) is 0.455. The van der Waals surface area contributed by atoms with Crippen LogP contribution in [0.25, 0.3) is 0 Å². The van der Waals surface area contributed by atoms with Gasteiger partial charge in [-0.25, -0.2) is 4.98 Å². The molecule has 0 saturated carbocycles. The monoisotopic (exact) mass is 191 g/mol. The van der Waals surface area contributed by atoms with Crippen LogP contribution in [0, 0.1) is 6.92 Å². The molecule has 1 aliphatic rings. The van der Waals surface area contributed by atoms with E-state index >= 15 is 0 Å². The molecule has 0 fully saturated rings. The summed E-state index contributed by atoms with van der Waals surface area (Å²) in [6.45, 7) is 2.04. The van der Waals surface area contributed by atoms with Crippen molar-refractivity contribution in [2.45, 2.75) is 26.2 Å². The van der Waals surface area contributed by atoms with Crippen LogP contribution in [-0.2, 0) is 17.6 Å². The van der Waals surface area contributed by atoms with Crippen molar-refractivity contribution in [2.24, 2.45) is 0 Å². The van der Waals surface area contributed by atoms with Crippen LogP contribution in [0.3, 0.4) is 0 Å². The summed E-state index contributed by atoms with van der Waals surface area (Å²) in [7, 11) is 1.60. The lowest BCUT2D eigenvalue weighted by Crippen LogP contribution is -2.16. The third-order valence-electron chi connectivity index (χ3n) is 2.64. The molecule has 1 aliphatic carbocycles. The predicted octanol–water partition coefficient (Wildman–Crippen LogP) is 1.46. The van der Waals surface area contributed by atoms with E-state index in [1.54, 1.807) is 7.11 Å². The molecule has 0 spiro atoms. The van der Waals surface area contributed by atoms with Crippen molar-refractivity contribution in [3.63, 3.8) is 0 Å². The first-order valence-electron chi connectivity index (χ1n) is 4.76. The number of carbonyl (C=O) groups excluding carboxylic acids is 1. The maximum atomic E-state index is 11.3. The summed E-state index contributed by atoms with van der Waals surface area (Å²) in [6, 6.07) is 1.93. The summed E-state index contributed by atoms with van der Waals surface area (Å²) in [5, 5.41) is 0. The number of hydrogen-bond donors (Lipinski definition) is 0. The molecule has 1 aromatic heterocycles. The van der Waals surface area contributed by atoms with E-state index in [9.17, 15) is 4.79 Å². The highest BCUT2D eigenvalue weighted by molar-refractivity contribution is 5.82. The number of rotatable bonds is 1. The van der Waals surface area contributed by atoms with Gasteiger partial charge >= 0.3 is 0 Å². The Kier molecular flexibility index (Phi) is 2.23. The Labute approximate surface area is 83.1 Å². The quantitative estimate of drug-likeness (QED) is 0.674. The maximum Gasteiger partial charge on any atom is 0.213 e. The second-order valence-electron chi connectivity index (χ2n) is 3.62. The largest absolute Gasteiger partial charge is 0.481 e. The second kappa shape index (κ2) is 3.40. The van der Waals surface area contributed by atoms with Crippen LogP contribution in [0.1, 0.15) is 23.2 Å². The van der Waals surface area contributed by atoms with Crippen LogP contribution < -0.4 is 4.74 Å². The number of Topliss-reactive ketones (excluding diaryl/α,β-unsaturated/α-hetero) is 1. The molecule has 1 heterocycles. The maximum absolute atomic E-state index is 11.3. The second-order valence-corrected chi connectivity index (χ2v) is 3.62. The van der Waals surface area contributed by atoms with Gasteiger partial charge in [0.2, 0.25) is 5.88 Å². The van der Waals surface area contributed by atoms with Crippen molar-refractivity contribution in [1.82, 2.24) is 4.98 Å². The highest BCUT2D eigenvalue weighted by Gasteiger charge is 2.19. The van der Waals surface area contributed by atoms with Gasteiger partial charge in [0.1, 0.15) is 5.78 Å². The van der Waals surface area contributed by atoms with Crippen molar-refractivity contribution in [3.05, 3.63) is 22.9 Å². The van der Waals surface area contributed by atoms with E-state index in [-0.39, 0.29) is 5.78 Å². The summed E-state index contributed by atoms with van der Waals surface area (Å²) >= 11 is 0. The van der Waals surface area contributed by atoms with Gasteiger partial charge < -0.3 is 4.74 Å². The summed E-state index contributed by atoms with van der Waals surface area (Å²) in [5.74, 6) is 0.883. The minimum Gasteiger partial charge on any atom is -0.481 e. The normalized spacial score (nSPS) is 15.1. The summed E-state index contributed by atoms with van der Waals surface area (Å²) in [5.41, 5.74) is 3.31. The minimum absolute atomic E-state index is 0.276. The van der Waals surface area contributed by atoms with Crippen LogP contribution >= 0.6 is 0 Å². The highest BCUT2D eigenvalue weighted by Crippen LogP contribution is 2.24.